The Morgan fingerprint density at radius 3 is 2.25 bits per heavy atom. The molecule has 206 valence electrons. The van der Waals surface area contributed by atoms with Crippen molar-refractivity contribution < 1.29 is 37.0 Å². The van der Waals surface area contributed by atoms with Crippen molar-refractivity contribution in [1.29, 1.82) is 0 Å². The number of rotatable bonds is 9. The third-order valence-electron chi connectivity index (χ3n) is 6.02. The van der Waals surface area contributed by atoms with E-state index < -0.39 is 36.8 Å². The molecule has 40 heavy (non-hydrogen) atoms. The number of amides is 1. The number of nitrogens with zero attached hydrogens (tertiary/aromatic N) is 1. The number of esters is 1. The zero-order valence-corrected chi connectivity index (χ0v) is 21.6. The van der Waals surface area contributed by atoms with Crippen LogP contribution in [0.15, 0.2) is 84.9 Å². The van der Waals surface area contributed by atoms with E-state index in [4.69, 9.17) is 9.47 Å². The predicted molar refractivity (Wildman–Crippen MR) is 142 cm³/mol. The first kappa shape index (κ1) is 28.2. The molecule has 0 saturated carbocycles. The molecule has 0 saturated heterocycles. The number of Topliss-reactive ketones (excluding diaryl/α,β-unsaturated/α-hetero) is 1. The summed E-state index contributed by atoms with van der Waals surface area (Å²) in [6, 6.07) is 21.4. The number of benzene rings is 3. The van der Waals surface area contributed by atoms with Crippen LogP contribution in [0.1, 0.15) is 37.7 Å². The number of hydrogen-bond acceptors (Lipinski definition) is 5. The van der Waals surface area contributed by atoms with Gasteiger partial charge < -0.3 is 19.4 Å². The molecule has 1 amide bonds. The minimum absolute atomic E-state index is 0.0152. The quantitative estimate of drug-likeness (QED) is 0.199. The molecule has 0 aliphatic carbocycles. The molecule has 3 aromatic carbocycles. The summed E-state index contributed by atoms with van der Waals surface area (Å²) in [5.41, 5.74) is 1.90. The molecular formula is C30H25F3N2O5. The van der Waals surface area contributed by atoms with Crippen molar-refractivity contribution in [3.8, 4) is 11.4 Å². The average Bonchev–Trinajstić information content (AvgIpc) is 3.24. The van der Waals surface area contributed by atoms with Gasteiger partial charge in [0.25, 0.3) is 5.91 Å². The highest BCUT2D eigenvalue weighted by Crippen LogP contribution is 2.30. The Morgan fingerprint density at radius 2 is 1.52 bits per heavy atom. The number of halogens is 3. The topological polar surface area (TPSA) is 86.6 Å². The van der Waals surface area contributed by atoms with E-state index in [0.29, 0.717) is 11.3 Å². The Morgan fingerprint density at radius 1 is 0.825 bits per heavy atom. The minimum atomic E-state index is -4.55. The number of carbonyl (C=O) groups excluding carboxylic acids is 3. The number of nitrogens with one attached hydrogen (secondary N) is 1. The summed E-state index contributed by atoms with van der Waals surface area (Å²) in [5.74, 6) is -1.94. The van der Waals surface area contributed by atoms with Crippen molar-refractivity contribution in [2.24, 2.45) is 0 Å². The maximum atomic E-state index is 12.9. The molecule has 1 N–H and O–H groups in total. The van der Waals surface area contributed by atoms with Gasteiger partial charge in [-0.3, -0.25) is 9.59 Å². The van der Waals surface area contributed by atoms with Crippen molar-refractivity contribution >= 4 is 23.3 Å². The van der Waals surface area contributed by atoms with E-state index >= 15 is 0 Å². The molecular weight excluding hydrogens is 525 g/mol. The highest BCUT2D eigenvalue weighted by atomic mass is 19.4. The lowest BCUT2D eigenvalue weighted by molar-refractivity contribution is -0.137. The van der Waals surface area contributed by atoms with Crippen LogP contribution in [0, 0.1) is 13.8 Å². The molecule has 4 rings (SSSR count). The second-order valence-corrected chi connectivity index (χ2v) is 8.87. The summed E-state index contributed by atoms with van der Waals surface area (Å²) in [6.07, 6.45) is -4.55. The number of ketones is 1. The molecule has 0 fully saturated rings. The van der Waals surface area contributed by atoms with Crippen molar-refractivity contribution in [2.75, 3.05) is 18.5 Å². The molecule has 0 aliphatic heterocycles. The highest BCUT2D eigenvalue weighted by Gasteiger charge is 2.30. The predicted octanol–water partition coefficient (Wildman–Crippen LogP) is 6.17. The molecule has 0 spiro atoms. The van der Waals surface area contributed by atoms with Crippen molar-refractivity contribution in [1.82, 2.24) is 4.57 Å². The maximum absolute atomic E-state index is 12.9. The minimum Gasteiger partial charge on any atom is -0.483 e. The number of anilines is 1. The molecule has 0 bridgehead atoms. The third kappa shape index (κ3) is 6.58. The van der Waals surface area contributed by atoms with E-state index in [1.165, 1.54) is 24.3 Å². The molecule has 4 aromatic rings. The fourth-order valence-electron chi connectivity index (χ4n) is 4.18. The van der Waals surface area contributed by atoms with Crippen LogP contribution >= 0.6 is 0 Å². The molecule has 0 atom stereocenters. The second kappa shape index (κ2) is 11.9. The van der Waals surface area contributed by atoms with Gasteiger partial charge in [0.1, 0.15) is 11.3 Å². The lowest BCUT2D eigenvalue weighted by Crippen LogP contribution is -2.21. The van der Waals surface area contributed by atoms with Crippen LogP contribution in [0.5, 0.6) is 5.75 Å². The van der Waals surface area contributed by atoms with Gasteiger partial charge in [-0.05, 0) is 62.4 Å². The Hall–Kier alpha value is -4.86. The molecule has 1 aromatic heterocycles. The Kier molecular flexibility index (Phi) is 8.37. The average molecular weight is 551 g/mol. The first-order chi connectivity index (χ1) is 19.0. The smallest absolute Gasteiger partial charge is 0.416 e. The Labute approximate surface area is 228 Å². The molecule has 0 radical (unpaired) electrons. The molecule has 0 aliphatic rings. The van der Waals surface area contributed by atoms with Crippen LogP contribution in [0.25, 0.3) is 5.69 Å². The van der Waals surface area contributed by atoms with Gasteiger partial charge in [-0.15, -0.1) is 0 Å². The van der Waals surface area contributed by atoms with Gasteiger partial charge in [-0.1, -0.05) is 36.4 Å². The molecule has 10 heteroatoms. The first-order valence-electron chi connectivity index (χ1n) is 12.2. The zero-order chi connectivity index (χ0) is 28.9. The number of hydrogen-bond donors (Lipinski definition) is 1. The summed E-state index contributed by atoms with van der Waals surface area (Å²) < 4.78 is 51.4. The standard InChI is InChI=1S/C30H25F3N2O5/c1-19-15-25(20(2)35(19)23-11-4-3-5-12-23)26(36)17-40-29(38)24-13-6-7-14-27(24)39-18-28(37)34-22-10-8-9-21(16-22)30(31,32)33/h3-16H,17-18H2,1-2H3,(H,34,37). The highest BCUT2D eigenvalue weighted by molar-refractivity contribution is 6.01. The number of aromatic nitrogens is 1. The lowest BCUT2D eigenvalue weighted by Gasteiger charge is -2.12. The van der Waals surface area contributed by atoms with Gasteiger partial charge in [0.2, 0.25) is 5.78 Å². The van der Waals surface area contributed by atoms with Gasteiger partial charge in [-0.25, -0.2) is 4.79 Å². The number of carbonyl (C=O) groups is 3. The maximum Gasteiger partial charge on any atom is 0.416 e. The summed E-state index contributed by atoms with van der Waals surface area (Å²) in [5, 5.41) is 2.33. The first-order valence-corrected chi connectivity index (χ1v) is 12.2. The van der Waals surface area contributed by atoms with E-state index in [-0.39, 0.29) is 22.8 Å². The largest absolute Gasteiger partial charge is 0.483 e. The summed E-state index contributed by atoms with van der Waals surface area (Å²) in [7, 11) is 0. The third-order valence-corrected chi connectivity index (χ3v) is 6.02. The van der Waals surface area contributed by atoms with Crippen molar-refractivity contribution in [3.63, 3.8) is 0 Å². The Bertz CT molecular complexity index is 1540. The number of para-hydroxylation sites is 2. The van der Waals surface area contributed by atoms with Crippen LogP contribution in [0.4, 0.5) is 18.9 Å². The SMILES string of the molecule is Cc1cc(C(=O)COC(=O)c2ccccc2OCC(=O)Nc2cccc(C(F)(F)F)c2)c(C)n1-c1ccccc1. The lowest BCUT2D eigenvalue weighted by atomic mass is 10.1. The van der Waals surface area contributed by atoms with Crippen LogP contribution < -0.4 is 10.1 Å². The van der Waals surface area contributed by atoms with Crippen molar-refractivity contribution in [3.05, 3.63) is 113 Å². The van der Waals surface area contributed by atoms with Gasteiger partial charge >= 0.3 is 12.1 Å². The number of ether oxygens (including phenoxy) is 2. The van der Waals surface area contributed by atoms with Crippen LogP contribution in [-0.2, 0) is 15.7 Å². The molecule has 7 nitrogen and oxygen atoms in total. The van der Waals surface area contributed by atoms with Gasteiger partial charge in [0.05, 0.1) is 5.56 Å². The van der Waals surface area contributed by atoms with E-state index in [1.807, 2.05) is 48.7 Å². The Balaban J connectivity index is 1.38. The van der Waals surface area contributed by atoms with Crippen LogP contribution in [0.3, 0.4) is 0 Å². The van der Waals surface area contributed by atoms with E-state index in [0.717, 1.165) is 23.5 Å². The normalized spacial score (nSPS) is 11.1. The monoisotopic (exact) mass is 550 g/mol. The van der Waals surface area contributed by atoms with Crippen molar-refractivity contribution in [2.45, 2.75) is 20.0 Å². The van der Waals surface area contributed by atoms with E-state index in [9.17, 15) is 27.6 Å². The fourth-order valence-corrected chi connectivity index (χ4v) is 4.18. The second-order valence-electron chi connectivity index (χ2n) is 8.87. The number of alkyl halides is 3. The zero-order valence-electron chi connectivity index (χ0n) is 21.6. The number of aryl methyl sites for hydroxylation is 1. The van der Waals surface area contributed by atoms with Gasteiger partial charge in [0.15, 0.2) is 13.2 Å². The van der Waals surface area contributed by atoms with Crippen LogP contribution in [-0.4, -0.2) is 35.4 Å². The van der Waals surface area contributed by atoms with Gasteiger partial charge in [0, 0.05) is 28.3 Å². The van der Waals surface area contributed by atoms with E-state index in [1.54, 1.807) is 18.2 Å². The fraction of sp³-hybridized carbons (Fsp3) is 0.167. The molecule has 1 heterocycles. The van der Waals surface area contributed by atoms with Crippen LogP contribution in [0.2, 0.25) is 0 Å². The summed E-state index contributed by atoms with van der Waals surface area (Å²) in [6.45, 7) is 2.59. The van der Waals surface area contributed by atoms with Gasteiger partial charge in [-0.2, -0.15) is 13.2 Å². The van der Waals surface area contributed by atoms with E-state index in [2.05, 4.69) is 5.32 Å². The molecule has 0 unspecified atom stereocenters. The summed E-state index contributed by atoms with van der Waals surface area (Å²) >= 11 is 0. The summed E-state index contributed by atoms with van der Waals surface area (Å²) in [4.78, 5) is 38.0.